The van der Waals surface area contributed by atoms with Crippen molar-refractivity contribution in [3.05, 3.63) is 48.0 Å². The Bertz CT molecular complexity index is 490. The first-order valence-corrected chi connectivity index (χ1v) is 6.66. The zero-order chi connectivity index (χ0) is 13.5. The second kappa shape index (κ2) is 6.95. The van der Waals surface area contributed by atoms with Crippen LogP contribution in [0.3, 0.4) is 0 Å². The lowest BCUT2D eigenvalue weighted by Crippen LogP contribution is -2.13. The third-order valence-corrected chi connectivity index (χ3v) is 2.94. The molecule has 1 aromatic carbocycles. The summed E-state index contributed by atoms with van der Waals surface area (Å²) >= 11 is 0. The van der Waals surface area contributed by atoms with Crippen LogP contribution in [0.4, 0.5) is 0 Å². The van der Waals surface area contributed by atoms with Gasteiger partial charge in [0.05, 0.1) is 19.1 Å². The second-order valence-electron chi connectivity index (χ2n) is 4.56. The van der Waals surface area contributed by atoms with Crippen molar-refractivity contribution in [2.75, 3.05) is 13.7 Å². The molecule has 0 unspecified atom stereocenters. The van der Waals surface area contributed by atoms with Gasteiger partial charge in [0, 0.05) is 19.3 Å². The number of rotatable bonds is 7. The van der Waals surface area contributed by atoms with Gasteiger partial charge in [-0.3, -0.25) is 0 Å². The minimum absolute atomic E-state index is 0.837. The summed E-state index contributed by atoms with van der Waals surface area (Å²) in [7, 11) is 1.68. The molecule has 102 valence electrons. The highest BCUT2D eigenvalue weighted by Crippen LogP contribution is 2.12. The van der Waals surface area contributed by atoms with Gasteiger partial charge < -0.3 is 14.6 Å². The van der Waals surface area contributed by atoms with Crippen molar-refractivity contribution in [1.29, 1.82) is 0 Å². The Labute approximate surface area is 114 Å². The van der Waals surface area contributed by atoms with Crippen molar-refractivity contribution in [1.82, 2.24) is 14.9 Å². The number of nitrogens with zero attached hydrogens (tertiary/aromatic N) is 2. The maximum Gasteiger partial charge on any atom is 0.118 e. The summed E-state index contributed by atoms with van der Waals surface area (Å²) in [6.07, 6.45) is 5.12. The standard InChI is InChI=1S/C15H21N3O/c1-3-8-16-9-14-11-18(12-17-14)10-13-4-6-15(19-2)7-5-13/h4-7,11-12,16H,3,8-10H2,1-2H3. The van der Waals surface area contributed by atoms with Crippen LogP contribution in [0.1, 0.15) is 24.6 Å². The van der Waals surface area contributed by atoms with Crippen LogP contribution in [0.5, 0.6) is 5.75 Å². The first kappa shape index (κ1) is 13.6. The monoisotopic (exact) mass is 259 g/mol. The molecule has 0 saturated heterocycles. The molecule has 1 N–H and O–H groups in total. The Kier molecular flexibility index (Phi) is 4.98. The molecular formula is C15H21N3O. The fourth-order valence-corrected chi connectivity index (χ4v) is 1.92. The molecule has 1 heterocycles. The molecule has 0 aliphatic rings. The lowest BCUT2D eigenvalue weighted by atomic mass is 10.2. The fourth-order valence-electron chi connectivity index (χ4n) is 1.92. The molecule has 1 aromatic heterocycles. The van der Waals surface area contributed by atoms with Gasteiger partial charge in [0.15, 0.2) is 0 Å². The van der Waals surface area contributed by atoms with Gasteiger partial charge in [-0.15, -0.1) is 0 Å². The molecule has 0 radical (unpaired) electrons. The molecule has 0 saturated carbocycles. The number of imidazole rings is 1. The van der Waals surface area contributed by atoms with E-state index in [0.717, 1.165) is 37.5 Å². The van der Waals surface area contributed by atoms with Crippen LogP contribution in [0.2, 0.25) is 0 Å². The third kappa shape index (κ3) is 4.10. The Morgan fingerprint density at radius 1 is 1.26 bits per heavy atom. The van der Waals surface area contributed by atoms with Crippen LogP contribution < -0.4 is 10.1 Å². The zero-order valence-electron chi connectivity index (χ0n) is 11.6. The van der Waals surface area contributed by atoms with Crippen molar-refractivity contribution in [2.24, 2.45) is 0 Å². The molecule has 0 amide bonds. The summed E-state index contributed by atoms with van der Waals surface area (Å²) < 4.78 is 7.25. The molecule has 0 spiro atoms. The normalized spacial score (nSPS) is 10.6. The highest BCUT2D eigenvalue weighted by Gasteiger charge is 2.00. The topological polar surface area (TPSA) is 39.1 Å². The van der Waals surface area contributed by atoms with E-state index in [1.807, 2.05) is 18.5 Å². The minimum atomic E-state index is 0.837. The molecule has 2 aromatic rings. The zero-order valence-corrected chi connectivity index (χ0v) is 11.6. The number of hydrogen-bond donors (Lipinski definition) is 1. The molecule has 4 heteroatoms. The van der Waals surface area contributed by atoms with E-state index in [0.29, 0.717) is 0 Å². The summed E-state index contributed by atoms with van der Waals surface area (Å²) in [6.45, 7) is 4.87. The number of aromatic nitrogens is 2. The molecule has 4 nitrogen and oxygen atoms in total. The van der Waals surface area contributed by atoms with Crippen LogP contribution in [0.15, 0.2) is 36.8 Å². The Morgan fingerprint density at radius 2 is 2.05 bits per heavy atom. The van der Waals surface area contributed by atoms with Crippen molar-refractivity contribution in [2.45, 2.75) is 26.4 Å². The van der Waals surface area contributed by atoms with E-state index >= 15 is 0 Å². The van der Waals surface area contributed by atoms with E-state index in [1.165, 1.54) is 5.56 Å². The van der Waals surface area contributed by atoms with Crippen molar-refractivity contribution in [3.63, 3.8) is 0 Å². The van der Waals surface area contributed by atoms with Gasteiger partial charge in [-0.05, 0) is 30.7 Å². The Balaban J connectivity index is 1.91. The van der Waals surface area contributed by atoms with E-state index in [9.17, 15) is 0 Å². The quantitative estimate of drug-likeness (QED) is 0.776. The predicted octanol–water partition coefficient (Wildman–Crippen LogP) is 2.44. The summed E-state index contributed by atoms with van der Waals surface area (Å²) in [5.41, 5.74) is 2.33. The van der Waals surface area contributed by atoms with Gasteiger partial charge in [0.25, 0.3) is 0 Å². The molecule has 0 bridgehead atoms. The number of methoxy groups -OCH3 is 1. The highest BCUT2D eigenvalue weighted by atomic mass is 16.5. The Hall–Kier alpha value is -1.81. The summed E-state index contributed by atoms with van der Waals surface area (Å²) in [5, 5.41) is 3.35. The molecule has 0 aliphatic carbocycles. The van der Waals surface area contributed by atoms with Crippen LogP contribution >= 0.6 is 0 Å². The lowest BCUT2D eigenvalue weighted by molar-refractivity contribution is 0.414. The first-order chi connectivity index (χ1) is 9.31. The maximum atomic E-state index is 5.15. The SMILES string of the molecule is CCCNCc1cn(Cc2ccc(OC)cc2)cn1. The summed E-state index contributed by atoms with van der Waals surface area (Å²) in [6, 6.07) is 8.12. The molecule has 0 fully saturated rings. The van der Waals surface area contributed by atoms with Gasteiger partial charge >= 0.3 is 0 Å². The van der Waals surface area contributed by atoms with E-state index in [1.54, 1.807) is 7.11 Å². The predicted molar refractivity (Wildman–Crippen MR) is 76.3 cm³/mol. The van der Waals surface area contributed by atoms with Crippen molar-refractivity contribution >= 4 is 0 Å². The molecule has 0 atom stereocenters. The third-order valence-electron chi connectivity index (χ3n) is 2.94. The van der Waals surface area contributed by atoms with Gasteiger partial charge in [0.2, 0.25) is 0 Å². The smallest absolute Gasteiger partial charge is 0.118 e. The van der Waals surface area contributed by atoms with E-state index < -0.39 is 0 Å². The summed E-state index contributed by atoms with van der Waals surface area (Å²) in [5.74, 6) is 0.888. The van der Waals surface area contributed by atoms with Crippen molar-refractivity contribution < 1.29 is 4.74 Å². The van der Waals surface area contributed by atoms with Crippen molar-refractivity contribution in [3.8, 4) is 5.75 Å². The molecule has 19 heavy (non-hydrogen) atoms. The maximum absolute atomic E-state index is 5.15. The van der Waals surface area contributed by atoms with Crippen LogP contribution in [-0.2, 0) is 13.1 Å². The average Bonchev–Trinajstić information content (AvgIpc) is 2.88. The van der Waals surface area contributed by atoms with Gasteiger partial charge in [-0.2, -0.15) is 0 Å². The van der Waals surface area contributed by atoms with Crippen LogP contribution in [-0.4, -0.2) is 23.2 Å². The molecule has 2 rings (SSSR count). The minimum Gasteiger partial charge on any atom is -0.497 e. The number of hydrogen-bond acceptors (Lipinski definition) is 3. The average molecular weight is 259 g/mol. The van der Waals surface area contributed by atoms with Gasteiger partial charge in [-0.25, -0.2) is 4.98 Å². The molecular weight excluding hydrogens is 238 g/mol. The van der Waals surface area contributed by atoms with Gasteiger partial charge in [-0.1, -0.05) is 19.1 Å². The Morgan fingerprint density at radius 3 is 2.74 bits per heavy atom. The highest BCUT2D eigenvalue weighted by molar-refractivity contribution is 5.27. The van der Waals surface area contributed by atoms with Gasteiger partial charge in [0.1, 0.15) is 5.75 Å². The number of benzene rings is 1. The summed E-state index contributed by atoms with van der Waals surface area (Å²) in [4.78, 5) is 4.39. The lowest BCUT2D eigenvalue weighted by Gasteiger charge is -2.04. The van der Waals surface area contributed by atoms with E-state index in [-0.39, 0.29) is 0 Å². The van der Waals surface area contributed by atoms with Crippen LogP contribution in [0, 0.1) is 0 Å². The molecule has 0 aliphatic heterocycles. The fraction of sp³-hybridized carbons (Fsp3) is 0.400. The number of ether oxygens (including phenoxy) is 1. The van der Waals surface area contributed by atoms with E-state index in [4.69, 9.17) is 4.74 Å². The number of nitrogens with one attached hydrogen (secondary N) is 1. The van der Waals surface area contributed by atoms with E-state index in [2.05, 4.69) is 40.1 Å². The second-order valence-corrected chi connectivity index (χ2v) is 4.56. The van der Waals surface area contributed by atoms with Crippen LogP contribution in [0.25, 0.3) is 0 Å². The first-order valence-electron chi connectivity index (χ1n) is 6.66. The largest absolute Gasteiger partial charge is 0.497 e.